The van der Waals surface area contributed by atoms with Crippen LogP contribution in [0.4, 0.5) is 10.1 Å². The van der Waals surface area contributed by atoms with E-state index in [2.05, 4.69) is 0 Å². The minimum atomic E-state index is -0.422. The number of amides is 2. The quantitative estimate of drug-likeness (QED) is 0.801. The summed E-state index contributed by atoms with van der Waals surface area (Å²) in [5.74, 6) is -0.291. The van der Waals surface area contributed by atoms with Crippen LogP contribution in [0.2, 0.25) is 0 Å². The van der Waals surface area contributed by atoms with Gasteiger partial charge >= 0.3 is 0 Å². The van der Waals surface area contributed by atoms with Gasteiger partial charge in [0.1, 0.15) is 12.4 Å². The third-order valence-corrected chi connectivity index (χ3v) is 5.84. The van der Waals surface area contributed by atoms with Gasteiger partial charge in [0, 0.05) is 18.8 Å². The standard InChI is InChI=1S/C23H25FN2O3/c24-19-9-7-18(8-10-19)15-21(27)25-13-4-11-23(12-14-25)17-26(22(28)16-29-23)20-5-2-1-3-6-20/h1-3,5-10H,4,11-17H2/t23-/m0/s1. The molecule has 5 nitrogen and oxygen atoms in total. The molecule has 2 aromatic carbocycles. The van der Waals surface area contributed by atoms with Crippen LogP contribution in [0.5, 0.6) is 0 Å². The predicted octanol–water partition coefficient (Wildman–Crippen LogP) is 3.18. The molecule has 29 heavy (non-hydrogen) atoms. The van der Waals surface area contributed by atoms with Gasteiger partial charge in [-0.25, -0.2) is 4.39 Å². The number of likely N-dealkylation sites (tertiary alicyclic amines) is 1. The summed E-state index contributed by atoms with van der Waals surface area (Å²) < 4.78 is 19.1. The van der Waals surface area contributed by atoms with E-state index in [-0.39, 0.29) is 30.7 Å². The normalized spacial score (nSPS) is 22.6. The molecule has 2 aromatic rings. The number of para-hydroxylation sites is 1. The molecule has 1 spiro atoms. The highest BCUT2D eigenvalue weighted by atomic mass is 19.1. The van der Waals surface area contributed by atoms with Crippen molar-refractivity contribution in [3.05, 3.63) is 66.0 Å². The summed E-state index contributed by atoms with van der Waals surface area (Å²) in [5, 5.41) is 0. The zero-order valence-corrected chi connectivity index (χ0v) is 16.4. The Hall–Kier alpha value is -2.73. The van der Waals surface area contributed by atoms with Crippen molar-refractivity contribution >= 4 is 17.5 Å². The van der Waals surface area contributed by atoms with E-state index in [4.69, 9.17) is 4.74 Å². The summed E-state index contributed by atoms with van der Waals surface area (Å²) >= 11 is 0. The molecule has 2 saturated heterocycles. The Balaban J connectivity index is 1.41. The second-order valence-corrected chi connectivity index (χ2v) is 7.82. The highest BCUT2D eigenvalue weighted by molar-refractivity contribution is 5.95. The molecule has 0 aromatic heterocycles. The third-order valence-electron chi connectivity index (χ3n) is 5.84. The summed E-state index contributed by atoms with van der Waals surface area (Å²) in [4.78, 5) is 28.8. The Bertz CT molecular complexity index is 871. The van der Waals surface area contributed by atoms with Gasteiger partial charge in [-0.2, -0.15) is 0 Å². The van der Waals surface area contributed by atoms with Crippen LogP contribution < -0.4 is 4.90 Å². The first kappa shape index (κ1) is 19.6. The summed E-state index contributed by atoms with van der Waals surface area (Å²) in [5.41, 5.74) is 1.27. The van der Waals surface area contributed by atoms with Gasteiger partial charge in [-0.05, 0) is 49.1 Å². The van der Waals surface area contributed by atoms with Gasteiger partial charge in [0.15, 0.2) is 0 Å². The van der Waals surface area contributed by atoms with E-state index in [1.165, 1.54) is 12.1 Å². The Morgan fingerprint density at radius 1 is 1.03 bits per heavy atom. The predicted molar refractivity (Wildman–Crippen MR) is 108 cm³/mol. The summed E-state index contributed by atoms with van der Waals surface area (Å²) in [6, 6.07) is 15.7. The summed E-state index contributed by atoms with van der Waals surface area (Å²) in [7, 11) is 0. The number of halogens is 1. The maximum absolute atomic E-state index is 13.1. The molecule has 2 heterocycles. The van der Waals surface area contributed by atoms with E-state index in [1.54, 1.807) is 17.0 Å². The van der Waals surface area contributed by atoms with Gasteiger partial charge in [0.2, 0.25) is 5.91 Å². The molecule has 2 aliphatic heterocycles. The number of rotatable bonds is 3. The number of nitrogens with zero attached hydrogens (tertiary/aromatic N) is 2. The topological polar surface area (TPSA) is 49.9 Å². The molecule has 6 heteroatoms. The molecule has 2 amide bonds. The first-order valence-corrected chi connectivity index (χ1v) is 10.1. The lowest BCUT2D eigenvalue weighted by Gasteiger charge is -2.42. The molecule has 0 aliphatic carbocycles. The largest absolute Gasteiger partial charge is 0.363 e. The van der Waals surface area contributed by atoms with Crippen LogP contribution in [0, 0.1) is 5.82 Å². The smallest absolute Gasteiger partial charge is 0.253 e. The molecule has 1 atom stereocenters. The van der Waals surface area contributed by atoms with Crippen LogP contribution >= 0.6 is 0 Å². The molecule has 4 rings (SSSR count). The fourth-order valence-electron chi connectivity index (χ4n) is 4.17. The Labute approximate surface area is 170 Å². The molecule has 0 bridgehead atoms. The fraction of sp³-hybridized carbons (Fsp3) is 0.391. The monoisotopic (exact) mass is 396 g/mol. The van der Waals surface area contributed by atoms with Crippen molar-refractivity contribution in [3.63, 3.8) is 0 Å². The Morgan fingerprint density at radius 2 is 1.79 bits per heavy atom. The van der Waals surface area contributed by atoms with Crippen LogP contribution in [-0.2, 0) is 20.7 Å². The molecule has 152 valence electrons. The van der Waals surface area contributed by atoms with Crippen molar-refractivity contribution in [2.24, 2.45) is 0 Å². The molecule has 2 fully saturated rings. The second-order valence-electron chi connectivity index (χ2n) is 7.82. The average molecular weight is 396 g/mol. The third kappa shape index (κ3) is 4.48. The summed E-state index contributed by atoms with van der Waals surface area (Å²) in [6.07, 6.45) is 2.59. The molecule has 0 saturated carbocycles. The van der Waals surface area contributed by atoms with Crippen molar-refractivity contribution in [3.8, 4) is 0 Å². The van der Waals surface area contributed by atoms with E-state index in [9.17, 15) is 14.0 Å². The zero-order chi connectivity index (χ0) is 20.3. The van der Waals surface area contributed by atoms with E-state index in [0.717, 1.165) is 24.1 Å². The molecule has 0 unspecified atom stereocenters. The van der Waals surface area contributed by atoms with Gasteiger partial charge in [-0.3, -0.25) is 9.59 Å². The van der Waals surface area contributed by atoms with Gasteiger partial charge in [-0.1, -0.05) is 30.3 Å². The second kappa shape index (κ2) is 8.33. The number of carbonyl (C=O) groups excluding carboxylic acids is 2. The zero-order valence-electron chi connectivity index (χ0n) is 16.4. The summed E-state index contributed by atoms with van der Waals surface area (Å²) in [6.45, 7) is 1.84. The van der Waals surface area contributed by atoms with E-state index in [1.807, 2.05) is 35.2 Å². The SMILES string of the molecule is O=C(Cc1ccc(F)cc1)N1CCC[C@]2(CC1)CN(c1ccccc1)C(=O)CO2. The minimum absolute atomic E-state index is 0.0321. The minimum Gasteiger partial charge on any atom is -0.363 e. The Morgan fingerprint density at radius 3 is 2.55 bits per heavy atom. The van der Waals surface area contributed by atoms with Crippen molar-refractivity contribution in [1.82, 2.24) is 4.90 Å². The average Bonchev–Trinajstić information content (AvgIpc) is 2.95. The van der Waals surface area contributed by atoms with E-state index < -0.39 is 5.60 Å². The van der Waals surface area contributed by atoms with Crippen LogP contribution in [-0.4, -0.2) is 48.6 Å². The lowest BCUT2D eigenvalue weighted by Crippen LogP contribution is -2.55. The van der Waals surface area contributed by atoms with Crippen LogP contribution in [0.25, 0.3) is 0 Å². The first-order chi connectivity index (χ1) is 14.0. The first-order valence-electron chi connectivity index (χ1n) is 10.1. The molecular weight excluding hydrogens is 371 g/mol. The highest BCUT2D eigenvalue weighted by Crippen LogP contribution is 2.33. The highest BCUT2D eigenvalue weighted by Gasteiger charge is 2.41. The van der Waals surface area contributed by atoms with Crippen LogP contribution in [0.1, 0.15) is 24.8 Å². The van der Waals surface area contributed by atoms with Gasteiger partial charge in [0.25, 0.3) is 5.91 Å². The number of benzene rings is 2. The lowest BCUT2D eigenvalue weighted by atomic mass is 9.92. The number of carbonyl (C=O) groups is 2. The Kier molecular flexibility index (Phi) is 5.62. The number of hydrogen-bond donors (Lipinski definition) is 0. The van der Waals surface area contributed by atoms with Gasteiger partial charge in [0.05, 0.1) is 18.6 Å². The van der Waals surface area contributed by atoms with E-state index in [0.29, 0.717) is 26.1 Å². The van der Waals surface area contributed by atoms with Crippen LogP contribution in [0.15, 0.2) is 54.6 Å². The number of anilines is 1. The van der Waals surface area contributed by atoms with Crippen molar-refractivity contribution in [1.29, 1.82) is 0 Å². The fourth-order valence-corrected chi connectivity index (χ4v) is 4.17. The number of morpholine rings is 1. The lowest BCUT2D eigenvalue weighted by molar-refractivity contribution is -0.141. The molecule has 2 aliphatic rings. The van der Waals surface area contributed by atoms with Gasteiger partial charge < -0.3 is 14.5 Å². The molecule has 0 radical (unpaired) electrons. The molecule has 0 N–H and O–H groups in total. The number of ether oxygens (including phenoxy) is 1. The van der Waals surface area contributed by atoms with Crippen molar-refractivity contribution in [2.45, 2.75) is 31.3 Å². The van der Waals surface area contributed by atoms with Crippen molar-refractivity contribution in [2.75, 3.05) is 31.1 Å². The van der Waals surface area contributed by atoms with Gasteiger partial charge in [-0.15, -0.1) is 0 Å². The molecular formula is C23H25FN2O3. The maximum atomic E-state index is 13.1. The maximum Gasteiger partial charge on any atom is 0.253 e. The number of hydrogen-bond acceptors (Lipinski definition) is 3. The van der Waals surface area contributed by atoms with Crippen LogP contribution in [0.3, 0.4) is 0 Å². The van der Waals surface area contributed by atoms with Crippen molar-refractivity contribution < 1.29 is 18.7 Å². The van der Waals surface area contributed by atoms with E-state index >= 15 is 0 Å².